The van der Waals surface area contributed by atoms with Crippen LogP contribution in [0.15, 0.2) is 59.9 Å². The van der Waals surface area contributed by atoms with Crippen molar-refractivity contribution in [3.63, 3.8) is 0 Å². The van der Waals surface area contributed by atoms with Crippen LogP contribution in [0.2, 0.25) is 5.02 Å². The maximum Gasteiger partial charge on any atom is 0.234 e. The van der Waals surface area contributed by atoms with Crippen molar-refractivity contribution in [3.05, 3.63) is 65.6 Å². The summed E-state index contributed by atoms with van der Waals surface area (Å²) in [6, 6.07) is 14.0. The van der Waals surface area contributed by atoms with Crippen LogP contribution < -0.4 is 5.32 Å². The highest BCUT2D eigenvalue weighted by molar-refractivity contribution is 7.99. The van der Waals surface area contributed by atoms with Gasteiger partial charge in [-0.3, -0.25) is 9.48 Å². The molecule has 0 aliphatic heterocycles. The Hall–Kier alpha value is -3.17. The second-order valence-electron chi connectivity index (χ2n) is 6.94. The quantitative estimate of drug-likeness (QED) is 0.389. The van der Waals surface area contributed by atoms with E-state index in [0.29, 0.717) is 17.5 Å². The molecule has 10 heteroatoms. The maximum atomic E-state index is 13.9. The molecule has 0 saturated carbocycles. The van der Waals surface area contributed by atoms with Crippen molar-refractivity contribution in [1.29, 1.82) is 0 Å². The number of hydrogen-bond donors (Lipinski definition) is 1. The van der Waals surface area contributed by atoms with E-state index in [1.54, 1.807) is 4.68 Å². The zero-order valence-electron chi connectivity index (χ0n) is 17.4. The summed E-state index contributed by atoms with van der Waals surface area (Å²) in [6.07, 6.45) is 1.91. The van der Waals surface area contributed by atoms with Crippen LogP contribution >= 0.6 is 23.4 Å². The molecule has 7 nitrogen and oxygen atoms in total. The van der Waals surface area contributed by atoms with E-state index >= 15 is 0 Å². The van der Waals surface area contributed by atoms with E-state index in [9.17, 15) is 9.18 Å². The van der Waals surface area contributed by atoms with Gasteiger partial charge >= 0.3 is 0 Å². The molecule has 164 valence electrons. The highest BCUT2D eigenvalue weighted by Crippen LogP contribution is 2.32. The number of halogens is 2. The first-order valence-electron chi connectivity index (χ1n) is 9.86. The molecule has 2 heterocycles. The van der Waals surface area contributed by atoms with Crippen LogP contribution in [-0.4, -0.2) is 36.2 Å². The van der Waals surface area contributed by atoms with Crippen LogP contribution in [0.4, 0.5) is 10.1 Å². The number of carbonyl (C=O) groups excluding carboxylic acids is 1. The Balaban J connectivity index is 1.54. The normalized spacial score (nSPS) is 11.0. The van der Waals surface area contributed by atoms with Crippen LogP contribution in [0.1, 0.15) is 6.92 Å². The molecule has 1 N–H and O–H groups in total. The van der Waals surface area contributed by atoms with Gasteiger partial charge < -0.3 is 9.88 Å². The summed E-state index contributed by atoms with van der Waals surface area (Å²) < 4.78 is 17.6. The molecule has 0 fully saturated rings. The minimum Gasteiger partial charge on any atom is -0.323 e. The van der Waals surface area contributed by atoms with E-state index in [4.69, 9.17) is 11.6 Å². The van der Waals surface area contributed by atoms with Crippen molar-refractivity contribution >= 4 is 35.0 Å². The van der Waals surface area contributed by atoms with E-state index in [2.05, 4.69) is 20.6 Å². The predicted molar refractivity (Wildman–Crippen MR) is 124 cm³/mol. The van der Waals surface area contributed by atoms with Crippen molar-refractivity contribution in [2.45, 2.75) is 18.6 Å². The molecule has 0 radical (unpaired) electrons. The van der Waals surface area contributed by atoms with Gasteiger partial charge in [0, 0.05) is 30.4 Å². The summed E-state index contributed by atoms with van der Waals surface area (Å²) in [7, 11) is 1.86. The molecule has 0 spiro atoms. The van der Waals surface area contributed by atoms with Crippen LogP contribution in [0.5, 0.6) is 0 Å². The van der Waals surface area contributed by atoms with Gasteiger partial charge in [-0.25, -0.2) is 4.39 Å². The summed E-state index contributed by atoms with van der Waals surface area (Å²) in [5.74, 6) is -0.209. The lowest BCUT2D eigenvalue weighted by Gasteiger charge is -2.08. The number of anilines is 1. The highest BCUT2D eigenvalue weighted by atomic mass is 35.5. The van der Waals surface area contributed by atoms with Gasteiger partial charge in [0.25, 0.3) is 0 Å². The summed E-state index contributed by atoms with van der Waals surface area (Å²) >= 11 is 6.99. The Morgan fingerprint density at radius 2 is 1.97 bits per heavy atom. The smallest absolute Gasteiger partial charge is 0.234 e. The molecule has 4 rings (SSSR count). The molecule has 1 amide bonds. The fraction of sp³-hybridized carbons (Fsp3) is 0.182. The molecule has 0 aliphatic carbocycles. The van der Waals surface area contributed by atoms with Crippen LogP contribution in [0.3, 0.4) is 0 Å². The van der Waals surface area contributed by atoms with Crippen molar-refractivity contribution in [2.75, 3.05) is 11.1 Å². The van der Waals surface area contributed by atoms with Gasteiger partial charge in [0.15, 0.2) is 11.0 Å². The lowest BCUT2D eigenvalue weighted by molar-refractivity contribution is -0.113. The number of amides is 1. The Morgan fingerprint density at radius 1 is 1.19 bits per heavy atom. The zero-order chi connectivity index (χ0) is 22.7. The van der Waals surface area contributed by atoms with Crippen molar-refractivity contribution in [2.24, 2.45) is 7.05 Å². The predicted octanol–water partition coefficient (Wildman–Crippen LogP) is 4.89. The fourth-order valence-electron chi connectivity index (χ4n) is 3.25. The van der Waals surface area contributed by atoms with Gasteiger partial charge in [-0.15, -0.1) is 10.2 Å². The fourth-order valence-corrected chi connectivity index (χ4v) is 4.21. The van der Waals surface area contributed by atoms with Crippen LogP contribution in [0.25, 0.3) is 22.6 Å². The second-order valence-corrected chi connectivity index (χ2v) is 8.32. The van der Waals surface area contributed by atoms with E-state index in [0.717, 1.165) is 22.9 Å². The molecule has 0 bridgehead atoms. The van der Waals surface area contributed by atoms with Gasteiger partial charge in [0.05, 0.1) is 17.0 Å². The van der Waals surface area contributed by atoms with Crippen molar-refractivity contribution in [3.8, 4) is 22.6 Å². The number of hydrogen-bond acceptors (Lipinski definition) is 5. The standard InChI is InChI=1S/C22H20ClFN6OS/c1-3-30-21(16-12-29(2)28-20(16)14-7-5-4-6-8-14)26-27-22(30)32-13-19(31)25-18-10-9-15(23)11-17(18)24/h4-12H,3,13H2,1-2H3,(H,25,31). The first-order chi connectivity index (χ1) is 15.5. The van der Waals surface area contributed by atoms with Gasteiger partial charge in [-0.1, -0.05) is 53.7 Å². The third-order valence-corrected chi connectivity index (χ3v) is 5.89. The average Bonchev–Trinajstić information content (AvgIpc) is 3.37. The minimum absolute atomic E-state index is 0.0543. The molecule has 32 heavy (non-hydrogen) atoms. The number of nitrogens with one attached hydrogen (secondary N) is 1. The summed E-state index contributed by atoms with van der Waals surface area (Å²) in [4.78, 5) is 12.3. The molecular weight excluding hydrogens is 451 g/mol. The minimum atomic E-state index is -0.583. The topological polar surface area (TPSA) is 77.6 Å². The molecule has 2 aromatic heterocycles. The Bertz CT molecular complexity index is 1260. The number of benzene rings is 2. The average molecular weight is 471 g/mol. The van der Waals surface area contributed by atoms with Gasteiger partial charge in [0.2, 0.25) is 5.91 Å². The first kappa shape index (κ1) is 22.0. The number of aromatic nitrogens is 5. The molecule has 0 aliphatic rings. The molecular formula is C22H20ClFN6OS. The Labute approximate surface area is 193 Å². The lowest BCUT2D eigenvalue weighted by Crippen LogP contribution is -2.15. The van der Waals surface area contributed by atoms with Gasteiger partial charge in [-0.2, -0.15) is 5.10 Å². The molecule has 4 aromatic rings. The van der Waals surface area contributed by atoms with E-state index in [1.165, 1.54) is 23.9 Å². The van der Waals surface area contributed by atoms with Gasteiger partial charge in [-0.05, 0) is 25.1 Å². The van der Waals surface area contributed by atoms with E-state index < -0.39 is 5.82 Å². The van der Waals surface area contributed by atoms with E-state index in [-0.39, 0.29) is 22.4 Å². The number of nitrogens with zero attached hydrogens (tertiary/aromatic N) is 5. The monoisotopic (exact) mass is 470 g/mol. The maximum absolute atomic E-state index is 13.9. The SMILES string of the molecule is CCn1c(SCC(=O)Nc2ccc(Cl)cc2F)nnc1-c1cn(C)nc1-c1ccccc1. The third kappa shape index (κ3) is 4.68. The molecule has 0 unspecified atom stereocenters. The van der Waals surface area contributed by atoms with Crippen molar-refractivity contribution in [1.82, 2.24) is 24.5 Å². The summed E-state index contributed by atoms with van der Waals surface area (Å²) in [6.45, 7) is 2.60. The van der Waals surface area contributed by atoms with Gasteiger partial charge in [0.1, 0.15) is 11.5 Å². The summed E-state index contributed by atoms with van der Waals surface area (Å²) in [5.41, 5.74) is 2.73. The first-order valence-corrected chi connectivity index (χ1v) is 11.2. The van der Waals surface area contributed by atoms with E-state index in [1.807, 2.05) is 55.1 Å². The Morgan fingerprint density at radius 3 is 2.69 bits per heavy atom. The lowest BCUT2D eigenvalue weighted by atomic mass is 10.1. The molecule has 2 aromatic carbocycles. The number of carbonyl (C=O) groups is 1. The number of aryl methyl sites for hydroxylation is 1. The third-order valence-electron chi connectivity index (χ3n) is 4.69. The molecule has 0 atom stereocenters. The largest absolute Gasteiger partial charge is 0.323 e. The molecule has 0 saturated heterocycles. The highest BCUT2D eigenvalue weighted by Gasteiger charge is 2.20. The van der Waals surface area contributed by atoms with Crippen LogP contribution in [0, 0.1) is 5.82 Å². The van der Waals surface area contributed by atoms with Crippen LogP contribution in [-0.2, 0) is 18.4 Å². The number of thioether (sulfide) groups is 1. The number of rotatable bonds is 7. The zero-order valence-corrected chi connectivity index (χ0v) is 19.0. The second kappa shape index (κ2) is 9.54. The Kier molecular flexibility index (Phi) is 6.57. The summed E-state index contributed by atoms with van der Waals surface area (Å²) in [5, 5.41) is 16.7. The van der Waals surface area contributed by atoms with Crippen molar-refractivity contribution < 1.29 is 9.18 Å².